The Morgan fingerprint density at radius 2 is 1.62 bits per heavy atom. The normalized spacial score (nSPS) is 20.3. The van der Waals surface area contributed by atoms with Gasteiger partial charge in [-0.2, -0.15) is 9.61 Å². The Bertz CT molecular complexity index is 1730. The SMILES string of the molecule is CCC(CC)c1cc(N[C@H]2CC[C@H](NCCOCCOCCOCCNc3cccc4c3C(=O)N(C3CCC(=O)NC3=O)C4=O)C2)n2nccc2n1. The molecule has 15 nitrogen and oxygen atoms in total. The van der Waals surface area contributed by atoms with Crippen molar-refractivity contribution in [3.63, 3.8) is 0 Å². The molecule has 3 aromatic rings. The van der Waals surface area contributed by atoms with Crippen LogP contribution in [0.4, 0.5) is 11.5 Å². The number of nitrogens with zero attached hydrogens (tertiary/aromatic N) is 4. The summed E-state index contributed by atoms with van der Waals surface area (Å²) < 4.78 is 18.9. The predicted octanol–water partition coefficient (Wildman–Crippen LogP) is 3.12. The minimum atomic E-state index is -1.00. The number of aromatic nitrogens is 3. The van der Waals surface area contributed by atoms with E-state index in [0.29, 0.717) is 69.9 Å². The Morgan fingerprint density at radius 1 is 0.885 bits per heavy atom. The van der Waals surface area contributed by atoms with Crippen molar-refractivity contribution < 1.29 is 33.4 Å². The second-order valence-electron chi connectivity index (χ2n) is 13.4. The molecule has 3 atom stereocenters. The number of piperidine rings is 1. The molecule has 1 saturated carbocycles. The van der Waals surface area contributed by atoms with E-state index in [0.717, 1.165) is 60.7 Å². The van der Waals surface area contributed by atoms with Crippen LogP contribution in [0.3, 0.4) is 0 Å². The Kier molecular flexibility index (Phi) is 12.8. The Labute approximate surface area is 303 Å². The number of carbonyl (C=O) groups is 4. The first-order valence-corrected chi connectivity index (χ1v) is 18.5. The summed E-state index contributed by atoms with van der Waals surface area (Å²) in [7, 11) is 0. The highest BCUT2D eigenvalue weighted by Gasteiger charge is 2.45. The molecule has 280 valence electrons. The average molecular weight is 719 g/mol. The average Bonchev–Trinajstić information content (AvgIpc) is 3.86. The molecule has 2 aromatic heterocycles. The number of anilines is 2. The zero-order valence-electron chi connectivity index (χ0n) is 30.0. The molecule has 15 heteroatoms. The summed E-state index contributed by atoms with van der Waals surface area (Å²) in [5.74, 6) is -0.662. The molecule has 0 spiro atoms. The highest BCUT2D eigenvalue weighted by atomic mass is 16.5. The van der Waals surface area contributed by atoms with E-state index >= 15 is 0 Å². The third kappa shape index (κ3) is 8.77. The van der Waals surface area contributed by atoms with Gasteiger partial charge in [0.15, 0.2) is 5.65 Å². The fourth-order valence-electron chi connectivity index (χ4n) is 7.26. The van der Waals surface area contributed by atoms with Crippen molar-refractivity contribution in [3.05, 3.63) is 53.3 Å². The lowest BCUT2D eigenvalue weighted by atomic mass is 9.99. The lowest BCUT2D eigenvalue weighted by Crippen LogP contribution is -2.54. The Balaban J connectivity index is 0.801. The summed E-state index contributed by atoms with van der Waals surface area (Å²) in [6.07, 6.45) is 7.37. The third-order valence-electron chi connectivity index (χ3n) is 10.0. The maximum Gasteiger partial charge on any atom is 0.264 e. The van der Waals surface area contributed by atoms with E-state index in [1.165, 1.54) is 0 Å². The molecule has 1 unspecified atom stereocenters. The van der Waals surface area contributed by atoms with Gasteiger partial charge in [-0.3, -0.25) is 29.4 Å². The summed E-state index contributed by atoms with van der Waals surface area (Å²) >= 11 is 0. The molecule has 3 aliphatic rings. The van der Waals surface area contributed by atoms with Gasteiger partial charge in [0.05, 0.1) is 57.0 Å². The van der Waals surface area contributed by atoms with Crippen molar-refractivity contribution >= 4 is 40.8 Å². The van der Waals surface area contributed by atoms with Crippen LogP contribution >= 0.6 is 0 Å². The maximum absolute atomic E-state index is 13.2. The number of ether oxygens (including phenoxy) is 3. The molecule has 4 amide bonds. The molecule has 4 heterocycles. The van der Waals surface area contributed by atoms with E-state index in [-0.39, 0.29) is 24.0 Å². The smallest absolute Gasteiger partial charge is 0.264 e. The standard InChI is InChI=1S/C37H50N8O7/c1-3-24(4-2)29-23-32(45-31(42-29)12-13-40-45)41-26-9-8-25(22-26)38-14-16-50-18-20-52-21-19-51-17-15-39-28-7-5-6-27-34(28)37(49)44(36(27)48)30-10-11-33(46)43-35(30)47/h5-7,12-13,23-26,30,38-39,41H,3-4,8-11,14-22H2,1-2H3,(H,43,46,47)/t25-,26-,30?/m0/s1. The van der Waals surface area contributed by atoms with Crippen LogP contribution in [0.25, 0.3) is 5.65 Å². The first kappa shape index (κ1) is 37.3. The Morgan fingerprint density at radius 3 is 2.37 bits per heavy atom. The number of benzene rings is 1. The minimum Gasteiger partial charge on any atom is -0.382 e. The van der Waals surface area contributed by atoms with Crippen molar-refractivity contribution in [1.82, 2.24) is 30.1 Å². The number of hydrogen-bond donors (Lipinski definition) is 4. The molecule has 2 fully saturated rings. The van der Waals surface area contributed by atoms with Gasteiger partial charge in [-0.25, -0.2) is 4.98 Å². The summed E-state index contributed by atoms with van der Waals surface area (Å²) in [6, 6.07) is 8.91. The van der Waals surface area contributed by atoms with Gasteiger partial charge in [-0.05, 0) is 50.7 Å². The number of rotatable bonds is 20. The topological polar surface area (TPSA) is 178 Å². The van der Waals surface area contributed by atoms with Crippen molar-refractivity contribution in [2.75, 3.05) is 63.4 Å². The molecule has 0 bridgehead atoms. The fourth-order valence-corrected chi connectivity index (χ4v) is 7.26. The van der Waals surface area contributed by atoms with Crippen LogP contribution in [0.1, 0.15) is 91.1 Å². The summed E-state index contributed by atoms with van der Waals surface area (Å²) in [6.45, 7) is 8.38. The van der Waals surface area contributed by atoms with Crippen LogP contribution in [-0.4, -0.2) is 114 Å². The monoisotopic (exact) mass is 718 g/mol. The second kappa shape index (κ2) is 17.9. The van der Waals surface area contributed by atoms with E-state index in [2.05, 4.69) is 46.3 Å². The van der Waals surface area contributed by atoms with E-state index < -0.39 is 29.7 Å². The molecule has 1 aromatic carbocycles. The first-order chi connectivity index (χ1) is 25.4. The minimum absolute atomic E-state index is 0.0744. The van der Waals surface area contributed by atoms with Crippen LogP contribution in [0.2, 0.25) is 0 Å². The molecule has 6 rings (SSSR count). The maximum atomic E-state index is 13.2. The lowest BCUT2D eigenvalue weighted by Gasteiger charge is -2.27. The van der Waals surface area contributed by atoms with E-state index in [1.807, 2.05) is 10.6 Å². The summed E-state index contributed by atoms with van der Waals surface area (Å²) in [5.41, 5.74) is 2.97. The van der Waals surface area contributed by atoms with Crippen molar-refractivity contribution in [2.45, 2.75) is 82.8 Å². The number of nitrogens with one attached hydrogen (secondary N) is 4. The van der Waals surface area contributed by atoms with Crippen LogP contribution in [-0.2, 0) is 23.8 Å². The molecule has 52 heavy (non-hydrogen) atoms. The first-order valence-electron chi connectivity index (χ1n) is 18.5. The number of fused-ring (bicyclic) bond motifs is 2. The second-order valence-corrected chi connectivity index (χ2v) is 13.4. The zero-order chi connectivity index (χ0) is 36.5. The largest absolute Gasteiger partial charge is 0.382 e. The van der Waals surface area contributed by atoms with E-state index in [1.54, 1.807) is 24.4 Å². The van der Waals surface area contributed by atoms with Crippen molar-refractivity contribution in [2.24, 2.45) is 0 Å². The fraction of sp³-hybridized carbons (Fsp3) is 0.568. The summed E-state index contributed by atoms with van der Waals surface area (Å²) in [4.78, 5) is 55.9. The van der Waals surface area contributed by atoms with Crippen LogP contribution in [0, 0.1) is 0 Å². The molecular weight excluding hydrogens is 668 g/mol. The molecule has 4 N–H and O–H groups in total. The van der Waals surface area contributed by atoms with Gasteiger partial charge in [0, 0.05) is 61.0 Å². The van der Waals surface area contributed by atoms with Gasteiger partial charge in [0.2, 0.25) is 11.8 Å². The summed E-state index contributed by atoms with van der Waals surface area (Å²) in [5, 5.41) is 17.2. The third-order valence-corrected chi connectivity index (χ3v) is 10.0. The van der Waals surface area contributed by atoms with Crippen molar-refractivity contribution in [1.29, 1.82) is 0 Å². The van der Waals surface area contributed by atoms with Gasteiger partial charge in [-0.1, -0.05) is 19.9 Å². The lowest BCUT2D eigenvalue weighted by molar-refractivity contribution is -0.136. The molecule has 2 aliphatic heterocycles. The molecular formula is C37H50N8O7. The van der Waals surface area contributed by atoms with Crippen molar-refractivity contribution in [3.8, 4) is 0 Å². The highest BCUT2D eigenvalue weighted by Crippen LogP contribution is 2.32. The number of carbonyl (C=O) groups excluding carboxylic acids is 4. The Hall–Kier alpha value is -4.44. The van der Waals surface area contributed by atoms with Gasteiger partial charge in [0.1, 0.15) is 11.9 Å². The zero-order valence-corrected chi connectivity index (χ0v) is 30.0. The molecule has 1 aliphatic carbocycles. The van der Waals surface area contributed by atoms with E-state index in [9.17, 15) is 19.2 Å². The highest BCUT2D eigenvalue weighted by molar-refractivity contribution is 6.25. The van der Waals surface area contributed by atoms with Crippen LogP contribution < -0.4 is 21.3 Å². The number of amides is 4. The van der Waals surface area contributed by atoms with Gasteiger partial charge < -0.3 is 30.2 Å². The van der Waals surface area contributed by atoms with Crippen LogP contribution in [0.5, 0.6) is 0 Å². The van der Waals surface area contributed by atoms with E-state index in [4.69, 9.17) is 19.2 Å². The quantitative estimate of drug-likeness (QED) is 0.0994. The van der Waals surface area contributed by atoms with Gasteiger partial charge in [0.25, 0.3) is 11.8 Å². The van der Waals surface area contributed by atoms with Crippen LogP contribution in [0.15, 0.2) is 36.5 Å². The molecule has 0 radical (unpaired) electrons. The van der Waals surface area contributed by atoms with Gasteiger partial charge >= 0.3 is 0 Å². The number of hydrogen-bond acceptors (Lipinski definition) is 12. The van der Waals surface area contributed by atoms with Gasteiger partial charge in [-0.15, -0.1) is 0 Å². The predicted molar refractivity (Wildman–Crippen MR) is 193 cm³/mol. The number of imide groups is 2. The molecule has 1 saturated heterocycles.